The van der Waals surface area contributed by atoms with Crippen molar-refractivity contribution in [2.75, 3.05) is 6.61 Å². The van der Waals surface area contributed by atoms with Gasteiger partial charge in [0, 0.05) is 18.6 Å². The van der Waals surface area contributed by atoms with Crippen LogP contribution in [0, 0.1) is 15.9 Å². The summed E-state index contributed by atoms with van der Waals surface area (Å²) in [5.41, 5.74) is 0.101. The van der Waals surface area contributed by atoms with Crippen LogP contribution < -0.4 is 4.74 Å². The highest BCUT2D eigenvalue weighted by molar-refractivity contribution is 6.01. The smallest absolute Gasteiger partial charge is 0.311 e. The van der Waals surface area contributed by atoms with Gasteiger partial charge in [-0.05, 0) is 30.3 Å². The van der Waals surface area contributed by atoms with Crippen LogP contribution in [0.3, 0.4) is 0 Å². The van der Waals surface area contributed by atoms with Crippen LogP contribution in [0.1, 0.15) is 24.0 Å². The van der Waals surface area contributed by atoms with E-state index in [0.29, 0.717) is 23.7 Å². The maximum absolute atomic E-state index is 13.4. The molecule has 9 nitrogen and oxygen atoms in total. The van der Waals surface area contributed by atoms with Gasteiger partial charge in [-0.1, -0.05) is 0 Å². The summed E-state index contributed by atoms with van der Waals surface area (Å²) in [4.78, 5) is 23.1. The molecular weight excluding hydrogens is 385 g/mol. The first kappa shape index (κ1) is 18.4. The summed E-state index contributed by atoms with van der Waals surface area (Å²) in [7, 11) is 0. The van der Waals surface area contributed by atoms with Crippen LogP contribution in [-0.4, -0.2) is 28.2 Å². The molecule has 0 fully saturated rings. The molecule has 1 atom stereocenters. The van der Waals surface area contributed by atoms with Crippen LogP contribution in [0.2, 0.25) is 0 Å². The van der Waals surface area contributed by atoms with Crippen molar-refractivity contribution in [1.29, 1.82) is 0 Å². The fraction of sp³-hybridized carbons (Fsp3) is 0.158. The first-order valence-electron chi connectivity index (χ1n) is 8.56. The summed E-state index contributed by atoms with van der Waals surface area (Å²) >= 11 is 0. The minimum absolute atomic E-state index is 0.340. The number of ether oxygens (including phenoxy) is 1. The predicted octanol–water partition coefficient (Wildman–Crippen LogP) is 3.68. The molecule has 3 heterocycles. The van der Waals surface area contributed by atoms with Gasteiger partial charge in [0.2, 0.25) is 5.75 Å². The molecule has 1 aliphatic rings. The van der Waals surface area contributed by atoms with Crippen molar-refractivity contribution in [3.63, 3.8) is 0 Å². The summed E-state index contributed by atoms with van der Waals surface area (Å²) < 4.78 is 29.5. The lowest BCUT2D eigenvalue weighted by molar-refractivity contribution is -0.385. The van der Waals surface area contributed by atoms with E-state index in [4.69, 9.17) is 13.6 Å². The van der Waals surface area contributed by atoms with Gasteiger partial charge in [0.15, 0.2) is 6.61 Å². The molecule has 1 aliphatic heterocycles. The number of nitro benzene ring substituents is 1. The van der Waals surface area contributed by atoms with E-state index in [1.54, 1.807) is 24.3 Å². The molecule has 0 unspecified atom stereocenters. The van der Waals surface area contributed by atoms with Crippen LogP contribution in [-0.2, 0) is 4.79 Å². The van der Waals surface area contributed by atoms with Crippen molar-refractivity contribution in [1.82, 2.24) is 5.01 Å². The lowest BCUT2D eigenvalue weighted by Crippen LogP contribution is -2.31. The third-order valence-electron chi connectivity index (χ3n) is 4.31. The highest BCUT2D eigenvalue weighted by atomic mass is 19.1. The van der Waals surface area contributed by atoms with Gasteiger partial charge in [-0.2, -0.15) is 5.10 Å². The van der Waals surface area contributed by atoms with Gasteiger partial charge in [-0.15, -0.1) is 0 Å². The molecule has 3 aromatic rings. The van der Waals surface area contributed by atoms with E-state index in [2.05, 4.69) is 5.10 Å². The molecule has 1 amide bonds. The van der Waals surface area contributed by atoms with Crippen LogP contribution in [0.5, 0.6) is 5.75 Å². The van der Waals surface area contributed by atoms with Gasteiger partial charge in [0.25, 0.3) is 5.91 Å². The van der Waals surface area contributed by atoms with E-state index in [9.17, 15) is 19.3 Å². The van der Waals surface area contributed by atoms with Crippen LogP contribution in [0.4, 0.5) is 10.1 Å². The maximum atomic E-state index is 13.4. The largest absolute Gasteiger partial charge is 0.477 e. The van der Waals surface area contributed by atoms with E-state index < -0.39 is 35.0 Å². The molecule has 10 heteroatoms. The van der Waals surface area contributed by atoms with Crippen molar-refractivity contribution in [3.8, 4) is 5.75 Å². The molecule has 0 aliphatic carbocycles. The lowest BCUT2D eigenvalue weighted by atomic mass is 10.1. The SMILES string of the molecule is O=C(COc1cc(F)ccc1[N+](=O)[O-])N1N=C(c2ccco2)C[C@@H]1c1ccco1. The van der Waals surface area contributed by atoms with Crippen molar-refractivity contribution in [3.05, 3.63) is 82.4 Å². The Morgan fingerprint density at radius 2 is 2.07 bits per heavy atom. The Morgan fingerprint density at radius 1 is 1.28 bits per heavy atom. The number of furan rings is 2. The number of rotatable bonds is 6. The van der Waals surface area contributed by atoms with Gasteiger partial charge in [-0.25, -0.2) is 9.40 Å². The van der Waals surface area contributed by atoms with Crippen LogP contribution >= 0.6 is 0 Å². The van der Waals surface area contributed by atoms with E-state index in [-0.39, 0.29) is 5.75 Å². The molecule has 0 saturated heterocycles. The molecule has 0 N–H and O–H groups in total. The average Bonchev–Trinajstić information content (AvgIpc) is 3.46. The predicted molar refractivity (Wildman–Crippen MR) is 96.7 cm³/mol. The molecule has 0 radical (unpaired) electrons. The monoisotopic (exact) mass is 399 g/mol. The number of hydrazone groups is 1. The highest BCUT2D eigenvalue weighted by Gasteiger charge is 2.36. The van der Waals surface area contributed by atoms with E-state index in [0.717, 1.165) is 18.2 Å². The molecule has 4 rings (SSSR count). The topological polar surface area (TPSA) is 111 Å². The highest BCUT2D eigenvalue weighted by Crippen LogP contribution is 2.33. The normalized spacial score (nSPS) is 16.0. The fourth-order valence-corrected chi connectivity index (χ4v) is 2.99. The Hall–Kier alpha value is -3.95. The van der Waals surface area contributed by atoms with E-state index >= 15 is 0 Å². The Morgan fingerprint density at radius 3 is 2.76 bits per heavy atom. The third-order valence-corrected chi connectivity index (χ3v) is 4.31. The number of carbonyl (C=O) groups excluding carboxylic acids is 1. The second kappa shape index (κ2) is 7.58. The Balaban J connectivity index is 1.56. The molecule has 0 spiro atoms. The van der Waals surface area contributed by atoms with Crippen molar-refractivity contribution in [2.45, 2.75) is 12.5 Å². The molecule has 0 saturated carbocycles. The first-order valence-corrected chi connectivity index (χ1v) is 8.56. The zero-order valence-corrected chi connectivity index (χ0v) is 14.9. The minimum Gasteiger partial charge on any atom is -0.477 e. The standard InChI is InChI=1S/C19H14FN3O6/c20-12-5-6-14(23(25)26)18(9-12)29-11-19(24)22-15(17-4-2-8-28-17)10-13(21-22)16-3-1-7-27-16/h1-9,15H,10-11H2/t15-/m1/s1. The quantitative estimate of drug-likeness (QED) is 0.462. The van der Waals surface area contributed by atoms with Crippen molar-refractivity contribution in [2.24, 2.45) is 5.10 Å². The number of nitrogens with zero attached hydrogens (tertiary/aromatic N) is 3. The summed E-state index contributed by atoms with van der Waals surface area (Å²) in [5.74, 6) is -0.608. The Kier molecular flexibility index (Phi) is 4.82. The Bertz CT molecular complexity index is 1060. The Labute approximate surface area is 163 Å². The number of hydrogen-bond donors (Lipinski definition) is 0. The number of nitro groups is 1. The second-order valence-electron chi connectivity index (χ2n) is 6.16. The number of carbonyl (C=O) groups is 1. The van der Waals surface area contributed by atoms with Gasteiger partial charge in [-0.3, -0.25) is 14.9 Å². The molecule has 148 valence electrons. The van der Waals surface area contributed by atoms with Crippen molar-refractivity contribution >= 4 is 17.3 Å². The molecule has 29 heavy (non-hydrogen) atoms. The van der Waals surface area contributed by atoms with E-state index in [1.807, 2.05) is 0 Å². The van der Waals surface area contributed by atoms with Gasteiger partial charge in [0.05, 0.1) is 17.4 Å². The lowest BCUT2D eigenvalue weighted by Gasteiger charge is -2.19. The van der Waals surface area contributed by atoms with Gasteiger partial charge < -0.3 is 13.6 Å². The number of hydrogen-bond acceptors (Lipinski definition) is 7. The summed E-state index contributed by atoms with van der Waals surface area (Å²) in [6, 6.07) is 9.08. The third kappa shape index (κ3) is 3.72. The zero-order valence-electron chi connectivity index (χ0n) is 14.9. The number of halogens is 1. The zero-order chi connectivity index (χ0) is 20.4. The molecule has 2 aromatic heterocycles. The molecule has 0 bridgehead atoms. The first-order chi connectivity index (χ1) is 14.0. The van der Waals surface area contributed by atoms with E-state index in [1.165, 1.54) is 17.5 Å². The van der Waals surface area contributed by atoms with Gasteiger partial charge in [0.1, 0.15) is 29.1 Å². The van der Waals surface area contributed by atoms with Gasteiger partial charge >= 0.3 is 5.69 Å². The minimum atomic E-state index is -0.717. The fourth-order valence-electron chi connectivity index (χ4n) is 2.99. The summed E-state index contributed by atoms with van der Waals surface area (Å²) in [6.45, 7) is -0.573. The molecule has 1 aromatic carbocycles. The van der Waals surface area contributed by atoms with Crippen LogP contribution in [0.15, 0.2) is 68.9 Å². The summed E-state index contributed by atoms with van der Waals surface area (Å²) in [5, 5.41) is 16.6. The maximum Gasteiger partial charge on any atom is 0.311 e. The summed E-state index contributed by atoms with van der Waals surface area (Å²) in [6.07, 6.45) is 3.33. The average molecular weight is 399 g/mol. The second-order valence-corrected chi connectivity index (χ2v) is 6.16. The number of benzene rings is 1. The van der Waals surface area contributed by atoms with Crippen LogP contribution in [0.25, 0.3) is 0 Å². The molecular formula is C19H14FN3O6. The number of amides is 1. The van der Waals surface area contributed by atoms with Crippen molar-refractivity contribution < 1.29 is 27.7 Å².